The predicted octanol–water partition coefficient (Wildman–Crippen LogP) is 6.23. The zero-order chi connectivity index (χ0) is 29.1. The minimum Gasteiger partial charge on any atom is -0.444 e. The number of nitrogens with zero attached hydrogens (tertiary/aromatic N) is 2. The summed E-state index contributed by atoms with van der Waals surface area (Å²) in [6.45, 7) is 0.0239. The molecule has 3 aromatic carbocycles. The first-order chi connectivity index (χ1) is 20.5. The van der Waals surface area contributed by atoms with E-state index in [0.717, 1.165) is 24.0 Å². The summed E-state index contributed by atoms with van der Waals surface area (Å²) in [7, 11) is 0. The zero-order valence-electron chi connectivity index (χ0n) is 22.4. The second kappa shape index (κ2) is 12.3. The van der Waals surface area contributed by atoms with Gasteiger partial charge in [0.25, 0.3) is 5.91 Å². The Bertz CT molecular complexity index is 1590. The van der Waals surface area contributed by atoms with Crippen molar-refractivity contribution < 1.29 is 23.5 Å². The number of anilines is 1. The molecule has 2 fully saturated rings. The molecule has 2 aliphatic rings. The van der Waals surface area contributed by atoms with E-state index in [2.05, 4.69) is 15.6 Å². The first kappa shape index (κ1) is 27.9. The van der Waals surface area contributed by atoms with Crippen molar-refractivity contribution in [3.63, 3.8) is 0 Å². The van der Waals surface area contributed by atoms with Crippen LogP contribution in [-0.4, -0.2) is 45.6 Å². The van der Waals surface area contributed by atoms with E-state index in [1.54, 1.807) is 30.3 Å². The summed E-state index contributed by atoms with van der Waals surface area (Å²) in [4.78, 5) is 45.0. The van der Waals surface area contributed by atoms with Crippen LogP contribution in [0.25, 0.3) is 11.3 Å². The highest BCUT2D eigenvalue weighted by molar-refractivity contribution is 7.99. The van der Waals surface area contributed by atoms with E-state index >= 15 is 0 Å². The maximum atomic E-state index is 14.8. The molecule has 0 bridgehead atoms. The van der Waals surface area contributed by atoms with Crippen LogP contribution in [-0.2, 0) is 16.1 Å². The van der Waals surface area contributed by atoms with E-state index in [1.807, 2.05) is 47.8 Å². The fourth-order valence-electron chi connectivity index (χ4n) is 4.58. The van der Waals surface area contributed by atoms with Gasteiger partial charge in [-0.15, -0.1) is 23.1 Å². The molecular weight excluding hydrogens is 575 g/mol. The molecule has 1 saturated carbocycles. The quantitative estimate of drug-likeness (QED) is 0.248. The molecule has 0 spiro atoms. The Morgan fingerprint density at radius 3 is 2.45 bits per heavy atom. The number of halogens is 1. The summed E-state index contributed by atoms with van der Waals surface area (Å²) in [6.07, 6.45) is 1.34. The number of nitrogens with one attached hydrogen (secondary N) is 2. The Kier molecular flexibility index (Phi) is 8.20. The Balaban J connectivity index is 1.16. The maximum absolute atomic E-state index is 14.8. The lowest BCUT2D eigenvalue weighted by molar-refractivity contribution is -0.120. The minimum absolute atomic E-state index is 0.0239. The second-order valence-corrected chi connectivity index (χ2v) is 12.0. The lowest BCUT2D eigenvalue weighted by Crippen LogP contribution is -2.45. The van der Waals surface area contributed by atoms with Crippen LogP contribution in [0.15, 0.2) is 84.2 Å². The molecule has 42 heavy (non-hydrogen) atoms. The molecule has 8 nitrogen and oxygen atoms in total. The molecule has 4 aromatic rings. The molecule has 3 amide bonds. The maximum Gasteiger partial charge on any atom is 0.412 e. The first-order valence-corrected chi connectivity index (χ1v) is 15.4. The molecule has 2 N–H and O–H groups in total. The summed E-state index contributed by atoms with van der Waals surface area (Å²) < 4.78 is 20.3. The van der Waals surface area contributed by atoms with E-state index in [9.17, 15) is 18.8 Å². The average molecular weight is 603 g/mol. The summed E-state index contributed by atoms with van der Waals surface area (Å²) in [6, 6.07) is 22.0. The normalized spacial score (nSPS) is 18.0. The fraction of sp³-hybridized carbons (Fsp3) is 0.226. The van der Waals surface area contributed by atoms with Crippen molar-refractivity contribution in [2.45, 2.75) is 36.9 Å². The van der Waals surface area contributed by atoms with Crippen molar-refractivity contribution in [1.82, 2.24) is 15.2 Å². The van der Waals surface area contributed by atoms with Gasteiger partial charge in [-0.3, -0.25) is 14.5 Å². The lowest BCUT2D eigenvalue weighted by atomic mass is 10.1. The second-order valence-electron chi connectivity index (χ2n) is 10.0. The van der Waals surface area contributed by atoms with Gasteiger partial charge in [-0.25, -0.2) is 14.2 Å². The third-order valence-corrected chi connectivity index (χ3v) is 9.04. The minimum atomic E-state index is -0.903. The van der Waals surface area contributed by atoms with Gasteiger partial charge in [0.05, 0.1) is 5.69 Å². The van der Waals surface area contributed by atoms with Crippen LogP contribution in [0.3, 0.4) is 0 Å². The SMILES string of the molecule is O=C(NC1CC1)c1ccc(-c2csc(NC(=O)C3CSC(c4ccccc4F)N3C(=O)OCc3ccccc3)n2)cc1. The molecule has 2 unspecified atom stereocenters. The van der Waals surface area contributed by atoms with Crippen LogP contribution in [0.4, 0.5) is 14.3 Å². The number of rotatable bonds is 8. The summed E-state index contributed by atoms with van der Waals surface area (Å²) in [5, 5.41) is 7.24. The van der Waals surface area contributed by atoms with Crippen LogP contribution in [0.2, 0.25) is 0 Å². The van der Waals surface area contributed by atoms with Crippen molar-refractivity contribution >= 4 is 46.1 Å². The Morgan fingerprint density at radius 1 is 0.976 bits per heavy atom. The van der Waals surface area contributed by atoms with Crippen molar-refractivity contribution in [1.29, 1.82) is 0 Å². The Labute approximate surface area is 250 Å². The Morgan fingerprint density at radius 2 is 1.71 bits per heavy atom. The molecule has 6 rings (SSSR count). The summed E-state index contributed by atoms with van der Waals surface area (Å²) >= 11 is 2.55. The molecule has 1 aliphatic heterocycles. The topological polar surface area (TPSA) is 101 Å². The molecule has 2 atom stereocenters. The highest BCUT2D eigenvalue weighted by Gasteiger charge is 2.44. The van der Waals surface area contributed by atoms with Crippen LogP contribution in [0.1, 0.15) is 39.7 Å². The van der Waals surface area contributed by atoms with Gasteiger partial charge < -0.3 is 15.4 Å². The van der Waals surface area contributed by atoms with E-state index in [4.69, 9.17) is 4.74 Å². The van der Waals surface area contributed by atoms with Crippen molar-refractivity contribution in [2.24, 2.45) is 0 Å². The summed E-state index contributed by atoms with van der Waals surface area (Å²) in [5.41, 5.74) is 3.13. The van der Waals surface area contributed by atoms with Crippen LogP contribution in [0.5, 0.6) is 0 Å². The molecule has 0 radical (unpaired) electrons. The number of hydrogen-bond donors (Lipinski definition) is 2. The average Bonchev–Trinajstić information content (AvgIpc) is 3.51. The molecule has 2 heterocycles. The van der Waals surface area contributed by atoms with E-state index in [1.165, 1.54) is 34.1 Å². The van der Waals surface area contributed by atoms with Gasteiger partial charge in [-0.05, 0) is 36.6 Å². The smallest absolute Gasteiger partial charge is 0.412 e. The predicted molar refractivity (Wildman–Crippen MR) is 161 cm³/mol. The van der Waals surface area contributed by atoms with Gasteiger partial charge in [0.2, 0.25) is 5.91 Å². The lowest BCUT2D eigenvalue weighted by Gasteiger charge is -2.28. The van der Waals surface area contributed by atoms with E-state index < -0.39 is 29.2 Å². The van der Waals surface area contributed by atoms with E-state index in [0.29, 0.717) is 22.0 Å². The molecule has 1 aliphatic carbocycles. The standard InChI is InChI=1S/C31H27FN4O4S2/c32-24-9-5-4-8-23(24)29-36(31(39)40-16-19-6-2-1-3-7-19)26(18-41-29)28(38)35-30-34-25(17-42-30)20-10-12-21(13-11-20)27(37)33-22-14-15-22/h1-13,17,22,26,29H,14-16,18H2,(H,33,37)(H,34,35,38). The Hall–Kier alpha value is -4.22. The van der Waals surface area contributed by atoms with Gasteiger partial charge in [0, 0.05) is 33.9 Å². The van der Waals surface area contributed by atoms with Crippen molar-refractivity contribution in [3.05, 3.63) is 107 Å². The van der Waals surface area contributed by atoms with Gasteiger partial charge in [0.1, 0.15) is 23.8 Å². The number of thiazole rings is 1. The largest absolute Gasteiger partial charge is 0.444 e. The zero-order valence-corrected chi connectivity index (χ0v) is 24.0. The molecular formula is C31H27FN4O4S2. The molecule has 1 aromatic heterocycles. The van der Waals surface area contributed by atoms with Gasteiger partial charge in [-0.2, -0.15) is 0 Å². The van der Waals surface area contributed by atoms with Gasteiger partial charge in [-0.1, -0.05) is 60.7 Å². The third kappa shape index (κ3) is 6.32. The van der Waals surface area contributed by atoms with Gasteiger partial charge in [0.15, 0.2) is 5.13 Å². The van der Waals surface area contributed by atoms with Gasteiger partial charge >= 0.3 is 6.09 Å². The molecule has 214 valence electrons. The third-order valence-electron chi connectivity index (χ3n) is 6.98. The van der Waals surface area contributed by atoms with Crippen molar-refractivity contribution in [3.8, 4) is 11.3 Å². The molecule has 1 saturated heterocycles. The number of carbonyl (C=O) groups excluding carboxylic acids is 3. The highest BCUT2D eigenvalue weighted by Crippen LogP contribution is 2.43. The number of aromatic nitrogens is 1. The van der Waals surface area contributed by atoms with Crippen molar-refractivity contribution in [2.75, 3.05) is 11.1 Å². The first-order valence-electron chi connectivity index (χ1n) is 13.5. The monoisotopic (exact) mass is 602 g/mol. The van der Waals surface area contributed by atoms with E-state index in [-0.39, 0.29) is 24.3 Å². The summed E-state index contributed by atoms with van der Waals surface area (Å²) in [5.74, 6) is -0.734. The number of ether oxygens (including phenoxy) is 1. The number of thioether (sulfide) groups is 1. The number of amides is 3. The van der Waals surface area contributed by atoms with Crippen LogP contribution >= 0.6 is 23.1 Å². The van der Waals surface area contributed by atoms with Crippen LogP contribution < -0.4 is 10.6 Å². The number of benzene rings is 3. The fourth-order valence-corrected chi connectivity index (χ4v) is 6.74. The highest BCUT2D eigenvalue weighted by atomic mass is 32.2. The van der Waals surface area contributed by atoms with Crippen LogP contribution in [0, 0.1) is 5.82 Å². The molecule has 11 heteroatoms. The number of carbonyl (C=O) groups is 3. The number of hydrogen-bond acceptors (Lipinski definition) is 7.